The number of carbonyl (C=O) groups excluding carboxylic acids is 1. The first kappa shape index (κ1) is 79.5. The molecule has 1 amide bonds. The number of anilines is 1. The molecule has 36 nitrogen and oxygen atoms in total. The molecule has 0 saturated carbocycles. The van der Waals surface area contributed by atoms with Crippen LogP contribution in [0.4, 0.5) is 5.82 Å². The van der Waals surface area contributed by atoms with Crippen LogP contribution >= 0.6 is 20.2 Å². The smallest absolute Gasteiger partial charge is 0.351 e. The second-order valence-corrected chi connectivity index (χ2v) is 32.4. The lowest BCUT2D eigenvalue weighted by atomic mass is 10.1. The summed E-state index contributed by atoms with van der Waals surface area (Å²) in [6.45, 7) is -0.178. The van der Waals surface area contributed by atoms with Crippen molar-refractivity contribution in [1.82, 2.24) is 38.2 Å². The Bertz CT molecular complexity index is 4540. The molecule has 4 unspecified atom stereocenters. The molecular weight excluding hydrogens is 1460 g/mol. The van der Waals surface area contributed by atoms with Crippen molar-refractivity contribution in [2.24, 2.45) is 0 Å². The van der Waals surface area contributed by atoms with Crippen LogP contribution in [-0.2, 0) is 105 Å². The van der Waals surface area contributed by atoms with E-state index in [0.717, 1.165) is 18.3 Å². The van der Waals surface area contributed by atoms with Gasteiger partial charge >= 0.3 is 42.9 Å². The Hall–Kier alpha value is -6.61. The Kier molecular flexibility index (Phi) is 28.0. The molecule has 42 heteroatoms. The Labute approximate surface area is 596 Å². The van der Waals surface area contributed by atoms with Gasteiger partial charge in [0.15, 0.2) is 6.23 Å². The van der Waals surface area contributed by atoms with Crippen molar-refractivity contribution in [2.75, 3.05) is 71.8 Å². The normalized spacial score (nSPS) is 25.8. The summed E-state index contributed by atoms with van der Waals surface area (Å²) in [6.07, 6.45) is -11.3. The lowest BCUT2D eigenvalue weighted by Crippen LogP contribution is -2.41. The highest BCUT2D eigenvalue weighted by molar-refractivity contribution is 8.08. The Morgan fingerprint density at radius 2 is 1.10 bits per heavy atom. The van der Waals surface area contributed by atoms with Gasteiger partial charge in [-0.25, -0.2) is 25.8 Å². The van der Waals surface area contributed by atoms with Gasteiger partial charge in [0.1, 0.15) is 61.6 Å². The molecule has 1 aromatic carbocycles. The van der Waals surface area contributed by atoms with Gasteiger partial charge in [0, 0.05) is 79.0 Å². The number of nitriles is 2. The van der Waals surface area contributed by atoms with Crippen molar-refractivity contribution >= 4 is 67.3 Å². The molecule has 5 aromatic rings. The highest BCUT2D eigenvalue weighted by Crippen LogP contribution is 2.58. The molecule has 0 radical (unpaired) electrons. The van der Waals surface area contributed by atoms with Gasteiger partial charge in [0.2, 0.25) is 6.54 Å². The van der Waals surface area contributed by atoms with E-state index in [1.807, 2.05) is 12.1 Å². The average molecular weight is 1540 g/mol. The van der Waals surface area contributed by atoms with Crippen LogP contribution in [-0.4, -0.2) is 171 Å². The lowest BCUT2D eigenvalue weighted by molar-refractivity contribution is -0.0801. The summed E-state index contributed by atoms with van der Waals surface area (Å²) in [6, 6.07) is 12.2. The fourth-order valence-electron chi connectivity index (χ4n) is 11.1. The van der Waals surface area contributed by atoms with Crippen molar-refractivity contribution in [3.63, 3.8) is 0 Å². The number of ether oxygens (including phenoxy) is 6. The minimum absolute atomic E-state index is 0.00602. The highest BCUT2D eigenvalue weighted by Gasteiger charge is 2.51. The van der Waals surface area contributed by atoms with Crippen molar-refractivity contribution in [1.29, 1.82) is 10.5 Å². The highest BCUT2D eigenvalue weighted by atomic mass is 32.5. The zero-order valence-corrected chi connectivity index (χ0v) is 60.9. The van der Waals surface area contributed by atoms with Crippen molar-refractivity contribution in [3.8, 4) is 12.1 Å². The van der Waals surface area contributed by atoms with Crippen LogP contribution in [0.5, 0.6) is 0 Å². The number of H-pyrrole nitrogens is 3. The Balaban J connectivity index is 0.986. The van der Waals surface area contributed by atoms with Crippen LogP contribution in [0.3, 0.4) is 0 Å². The third-order valence-corrected chi connectivity index (χ3v) is 23.4. The van der Waals surface area contributed by atoms with Crippen molar-refractivity contribution in [3.05, 3.63) is 167 Å². The van der Waals surface area contributed by atoms with Gasteiger partial charge in [-0.2, -0.15) is 15.5 Å². The number of nitrogens with one attached hydrogen (secondary N) is 4. The molecule has 0 spiro atoms. The van der Waals surface area contributed by atoms with Gasteiger partial charge in [0.25, 0.3) is 22.6 Å². The lowest BCUT2D eigenvalue weighted by Gasteiger charge is -2.32. The zero-order chi connectivity index (χ0) is 73.6. The summed E-state index contributed by atoms with van der Waals surface area (Å²) in [5.74, 6) is -0.493. The molecule has 0 bridgehead atoms. The number of aliphatic hydroxyl groups excluding tert-OH is 1. The number of aliphatic hydroxyl groups is 1. The number of aryl methyl sites for hydroxylation is 4. The molecule has 4 fully saturated rings. The average Bonchev–Trinajstić information content (AvgIpc) is 1.63. The van der Waals surface area contributed by atoms with E-state index < -0.39 is 165 Å². The maximum Gasteiger partial charge on any atom is 0.351 e. The van der Waals surface area contributed by atoms with E-state index in [4.69, 9.17) is 111 Å². The number of nitrogens with zero attached hydrogens (tertiary/aromatic N) is 8. The van der Waals surface area contributed by atoms with Crippen LogP contribution < -0.4 is 44.8 Å². The standard InChI is InChI=1S/C60H75N12O24P3S3/c1-8-40-49(50(83-23-22-82-7)56(93-40)72-30-37(5)54(76)68-60(72)81)96-99(102,86-21-18-63-6)89-33-45-42(26-48(92-45)71-29-36(4)53(75)67-59(71)80)95-98(101,85-20-13-17-62)88-32-44-41(25-47(91-44)70-28-35(3)52(74)66-58(70)79)94-97(100,84-19-12-16-61)87-31-43-39(73)24-46(90-43)69-27-34(2)51(65-57(69)78)64-55(77)38-14-10-9-11-15-38/h9-11,14-15,27-30,39-50,56,73H,8,12-13,18-26,31-33H2,1-5,7H3,(H,66,74,79)(H,67,75,80)(H,68,76,81)(H,64,65,77,78)/t39-,40-,41-,42-,43-,44-,45-,46-,47-,48-,49+,50?,56-,97?,98?,99?/m1/s1. The number of hydrogen-bond acceptors (Lipinski definition) is 30. The summed E-state index contributed by atoms with van der Waals surface area (Å²) < 4.78 is 99.0. The summed E-state index contributed by atoms with van der Waals surface area (Å²) in [4.78, 5) is 119. The van der Waals surface area contributed by atoms with Crippen LogP contribution in [0, 0.1) is 56.9 Å². The predicted octanol–water partition coefficient (Wildman–Crippen LogP) is 3.62. The van der Waals surface area contributed by atoms with E-state index in [0.29, 0.717) is 11.1 Å². The third kappa shape index (κ3) is 20.1. The molecule has 4 aliphatic rings. The number of aromatic nitrogens is 8. The number of hydrogen-bond donors (Lipinski definition) is 5. The number of rotatable bonds is 35. The monoisotopic (exact) mass is 1540 g/mol. The number of carbonyl (C=O) groups is 1. The molecule has 8 heterocycles. The predicted molar refractivity (Wildman–Crippen MR) is 368 cm³/mol. The molecule has 4 aliphatic heterocycles. The summed E-state index contributed by atoms with van der Waals surface area (Å²) in [5, 5.41) is 33.4. The molecule has 102 heavy (non-hydrogen) atoms. The molecule has 4 saturated heterocycles. The van der Waals surface area contributed by atoms with Crippen molar-refractivity contribution < 1.29 is 79.0 Å². The SMILES string of the molecule is [C-]#[N+]CCOP(=S)(OC[C@H]1O[C@@H](n2cc(C)c(=O)[nH]c2=O)C[C@H]1OP(=S)(OCCC#N)OC[C@H]1O[C@@H](n2cc(C)c(=O)[nH]c2=O)C[C@H]1OP(=S)(OCCC#N)OC[C@H]1O[C@@H](n2cc(C)c(NC(=O)c3ccccc3)nc2=O)C[C@H]1O)O[C@@H]1C(OCCOC)[C@H](n2cc(C)c(=O)[nH]c2=O)O[C@@H]1CC. The van der Waals surface area contributed by atoms with E-state index in [1.165, 1.54) is 52.7 Å². The van der Waals surface area contributed by atoms with E-state index >= 15 is 0 Å². The van der Waals surface area contributed by atoms with E-state index in [2.05, 4.69) is 30.1 Å². The first-order valence-electron chi connectivity index (χ1n) is 31.8. The zero-order valence-electron chi connectivity index (χ0n) is 55.8. The minimum atomic E-state index is -4.30. The van der Waals surface area contributed by atoms with Gasteiger partial charge in [-0.3, -0.25) is 56.9 Å². The fraction of sp³-hybridized carbons (Fsp3) is 0.567. The van der Waals surface area contributed by atoms with E-state index in [9.17, 15) is 54.0 Å². The third-order valence-electron chi connectivity index (χ3n) is 16.2. The summed E-state index contributed by atoms with van der Waals surface area (Å²) >= 11 is 18.2. The molecule has 0 aliphatic carbocycles. The number of aromatic amines is 3. The Morgan fingerprint density at radius 3 is 1.61 bits per heavy atom. The van der Waals surface area contributed by atoms with Gasteiger partial charge < -0.3 is 79.9 Å². The molecule has 9 rings (SSSR count). The van der Waals surface area contributed by atoms with Crippen LogP contribution in [0.25, 0.3) is 4.85 Å². The van der Waals surface area contributed by atoms with Gasteiger partial charge in [-0.05, 0) is 81.7 Å². The number of methoxy groups -OCH3 is 1. The summed E-state index contributed by atoms with van der Waals surface area (Å²) in [7, 11) is 1.45. The van der Waals surface area contributed by atoms with Gasteiger partial charge in [-0.1, -0.05) is 25.1 Å². The first-order valence-corrected chi connectivity index (χ1v) is 39.5. The largest absolute Gasteiger partial charge is 0.390 e. The summed E-state index contributed by atoms with van der Waals surface area (Å²) in [5.41, 5.74) is -4.20. The van der Waals surface area contributed by atoms with Gasteiger partial charge in [0.05, 0.1) is 95.6 Å². The van der Waals surface area contributed by atoms with Crippen molar-refractivity contribution in [2.45, 2.75) is 153 Å². The maximum atomic E-state index is 13.6. The second kappa shape index (κ2) is 35.9. The van der Waals surface area contributed by atoms with Crippen LogP contribution in [0.1, 0.15) is 103 Å². The fourth-order valence-corrected chi connectivity index (χ4v) is 17.4. The van der Waals surface area contributed by atoms with Gasteiger partial charge in [-0.15, -0.1) is 0 Å². The molecule has 5 N–H and O–H groups in total. The molecule has 16 atom stereocenters. The molecule has 4 aromatic heterocycles. The second-order valence-electron chi connectivity index (χ2n) is 23.5. The quantitative estimate of drug-likeness (QED) is 0.0220. The number of amides is 1. The maximum absolute atomic E-state index is 13.6. The van der Waals surface area contributed by atoms with Crippen LogP contribution in [0.15, 0.2) is 88.7 Å². The van der Waals surface area contributed by atoms with E-state index in [-0.39, 0.29) is 101 Å². The molecular formula is C60H75N12O24P3S3. The van der Waals surface area contributed by atoms with E-state index in [1.54, 1.807) is 44.2 Å². The number of benzene rings is 1. The Morgan fingerprint density at radius 1 is 0.627 bits per heavy atom. The molecule has 552 valence electrons. The minimum Gasteiger partial charge on any atom is -0.390 e. The topological polar surface area (TPSA) is 439 Å². The first-order chi connectivity index (χ1) is 48.7. The van der Waals surface area contributed by atoms with Crippen LogP contribution in [0.2, 0.25) is 0 Å².